The van der Waals surface area contributed by atoms with Crippen LogP contribution in [0.15, 0.2) is 53.6 Å². The van der Waals surface area contributed by atoms with Crippen molar-refractivity contribution in [1.29, 1.82) is 0 Å². The predicted octanol–water partition coefficient (Wildman–Crippen LogP) is 5.20. The van der Waals surface area contributed by atoms with E-state index >= 15 is 0 Å². The van der Waals surface area contributed by atoms with Crippen molar-refractivity contribution in [3.05, 3.63) is 59.2 Å². The summed E-state index contributed by atoms with van der Waals surface area (Å²) < 4.78 is 16.1. The van der Waals surface area contributed by atoms with Crippen molar-refractivity contribution < 1.29 is 28.6 Å². The lowest BCUT2D eigenvalue weighted by molar-refractivity contribution is 0.0458. The van der Waals surface area contributed by atoms with Crippen LogP contribution in [0.1, 0.15) is 72.8 Å². The number of hydrogen-bond donors (Lipinski definition) is 3. The Balaban J connectivity index is 0.000000216. The number of allylic oxidation sites excluding steroid dienone is 2. The van der Waals surface area contributed by atoms with Gasteiger partial charge in [0, 0.05) is 19.6 Å². The van der Waals surface area contributed by atoms with Gasteiger partial charge in [-0.3, -0.25) is 0 Å². The summed E-state index contributed by atoms with van der Waals surface area (Å²) in [7, 11) is 0. The Morgan fingerprint density at radius 3 is 2.05 bits per heavy atom. The molecule has 1 aromatic rings. The zero-order chi connectivity index (χ0) is 30.6. The van der Waals surface area contributed by atoms with Gasteiger partial charge < -0.3 is 35.1 Å². The van der Waals surface area contributed by atoms with Crippen LogP contribution in [0.4, 0.5) is 14.4 Å². The molecule has 2 aliphatic carbocycles. The van der Waals surface area contributed by atoms with Crippen molar-refractivity contribution in [2.75, 3.05) is 26.2 Å². The molecule has 1 aromatic carbocycles. The second kappa shape index (κ2) is 12.4. The highest BCUT2D eigenvalue weighted by Gasteiger charge is 2.48. The van der Waals surface area contributed by atoms with E-state index in [0.29, 0.717) is 13.1 Å². The van der Waals surface area contributed by atoms with Crippen LogP contribution in [0.3, 0.4) is 0 Å². The molecule has 0 aromatic heterocycles. The summed E-state index contributed by atoms with van der Waals surface area (Å²) in [5.41, 5.74) is 1.60. The average molecular weight is 583 g/mol. The Bertz CT molecular complexity index is 1220. The lowest BCUT2D eigenvalue weighted by atomic mass is 9.95. The fourth-order valence-electron chi connectivity index (χ4n) is 5.84. The summed E-state index contributed by atoms with van der Waals surface area (Å²) in [6, 6.07) is 9.58. The number of hydrogen-bond acceptors (Lipinski definition) is 7. The second-order valence-corrected chi connectivity index (χ2v) is 13.5. The summed E-state index contributed by atoms with van der Waals surface area (Å²) in [6.07, 6.45) is 6.87. The molecule has 2 fully saturated rings. The number of nitrogens with zero attached hydrogens (tertiary/aromatic N) is 1. The third kappa shape index (κ3) is 8.06. The molecule has 2 aliphatic heterocycles. The highest BCUT2D eigenvalue weighted by atomic mass is 16.6. The first kappa shape index (κ1) is 31.4. The normalized spacial score (nSPS) is 24.4. The van der Waals surface area contributed by atoms with Crippen molar-refractivity contribution in [3.63, 3.8) is 0 Å². The third-order valence-electron chi connectivity index (χ3n) is 7.66. The van der Waals surface area contributed by atoms with E-state index in [-0.39, 0.29) is 24.3 Å². The highest BCUT2D eigenvalue weighted by molar-refractivity contribution is 5.73. The van der Waals surface area contributed by atoms with Gasteiger partial charge in [-0.05, 0) is 83.9 Å². The minimum absolute atomic E-state index is 0.178. The first-order valence-corrected chi connectivity index (χ1v) is 14.8. The van der Waals surface area contributed by atoms with Crippen molar-refractivity contribution in [3.8, 4) is 0 Å². The quantitative estimate of drug-likeness (QED) is 0.330. The Labute approximate surface area is 249 Å². The number of fused-ring (bicyclic) bond motifs is 2. The summed E-state index contributed by atoms with van der Waals surface area (Å²) in [6.45, 7) is 13.9. The van der Waals surface area contributed by atoms with Crippen molar-refractivity contribution in [2.24, 2.45) is 0 Å². The van der Waals surface area contributed by atoms with Gasteiger partial charge in [0.2, 0.25) is 0 Å². The lowest BCUT2D eigenvalue weighted by Gasteiger charge is -2.30. The van der Waals surface area contributed by atoms with E-state index in [1.54, 1.807) is 4.90 Å². The molecule has 4 aliphatic rings. The molecule has 5 rings (SSSR count). The molecular formula is C32H46N4O6. The molecule has 2 heterocycles. The van der Waals surface area contributed by atoms with Crippen molar-refractivity contribution in [1.82, 2.24) is 20.9 Å². The number of likely N-dealkylation sites (tertiary alicyclic amines) is 1. The standard InChI is InChI=1S/C20H26N2O4.C12H20N2O2/c1-19(2,3)26-17(23)21-20-11-7-10-16(20)12-22(14-20)18(24)25-13-15-8-5-4-6-9-15;1-11(2,3)16-10(15)14-12-6-4-5-9(12)7-13-8-12/h4-6,8-10H,7,11-14H2,1-3H3,(H,21,23);5,13H,4,6-8H2,1-3H3,(H,14,15). The Morgan fingerprint density at radius 1 is 0.857 bits per heavy atom. The van der Waals surface area contributed by atoms with E-state index in [4.69, 9.17) is 14.2 Å². The molecule has 2 unspecified atom stereocenters. The molecule has 2 atom stereocenters. The molecule has 10 nitrogen and oxygen atoms in total. The van der Waals surface area contributed by atoms with Crippen LogP contribution in [-0.4, -0.2) is 71.6 Å². The molecule has 0 radical (unpaired) electrons. The zero-order valence-corrected chi connectivity index (χ0v) is 25.8. The molecule has 42 heavy (non-hydrogen) atoms. The number of benzene rings is 1. The molecule has 0 saturated carbocycles. The maximum absolute atomic E-state index is 12.4. The number of carbonyl (C=O) groups is 3. The average Bonchev–Trinajstić information content (AvgIpc) is 3.60. The maximum atomic E-state index is 12.4. The minimum Gasteiger partial charge on any atom is -0.445 e. The molecule has 230 valence electrons. The molecule has 3 amide bonds. The van der Waals surface area contributed by atoms with Gasteiger partial charge in [-0.1, -0.05) is 42.5 Å². The smallest absolute Gasteiger partial charge is 0.410 e. The molecule has 0 bridgehead atoms. The van der Waals surface area contributed by atoms with Crippen LogP contribution in [0, 0.1) is 0 Å². The van der Waals surface area contributed by atoms with Gasteiger partial charge in [0.25, 0.3) is 0 Å². The van der Waals surface area contributed by atoms with Gasteiger partial charge in [-0.25, -0.2) is 14.4 Å². The largest absolute Gasteiger partial charge is 0.445 e. The Morgan fingerprint density at radius 2 is 1.43 bits per heavy atom. The number of nitrogens with one attached hydrogen (secondary N) is 3. The predicted molar refractivity (Wildman–Crippen MR) is 160 cm³/mol. The van der Waals surface area contributed by atoms with Crippen molar-refractivity contribution >= 4 is 18.3 Å². The highest BCUT2D eigenvalue weighted by Crippen LogP contribution is 2.38. The summed E-state index contributed by atoms with van der Waals surface area (Å²) >= 11 is 0. The first-order valence-electron chi connectivity index (χ1n) is 14.8. The fraction of sp³-hybridized carbons (Fsp3) is 0.594. The van der Waals surface area contributed by atoms with E-state index in [1.165, 1.54) is 5.57 Å². The van der Waals surface area contributed by atoms with Crippen LogP contribution < -0.4 is 16.0 Å². The Kier molecular flexibility index (Phi) is 9.25. The van der Waals surface area contributed by atoms with E-state index in [0.717, 1.165) is 49.9 Å². The second-order valence-electron chi connectivity index (χ2n) is 13.5. The van der Waals surface area contributed by atoms with Gasteiger partial charge in [0.15, 0.2) is 0 Å². The summed E-state index contributed by atoms with van der Waals surface area (Å²) in [5, 5.41) is 9.30. The van der Waals surface area contributed by atoms with E-state index in [1.807, 2.05) is 71.9 Å². The van der Waals surface area contributed by atoms with Gasteiger partial charge in [-0.15, -0.1) is 0 Å². The van der Waals surface area contributed by atoms with Crippen LogP contribution >= 0.6 is 0 Å². The number of rotatable bonds is 4. The summed E-state index contributed by atoms with van der Waals surface area (Å²) in [5.74, 6) is 0. The van der Waals surface area contributed by atoms with Crippen LogP contribution in [-0.2, 0) is 20.8 Å². The number of ether oxygens (including phenoxy) is 3. The van der Waals surface area contributed by atoms with E-state index < -0.39 is 22.8 Å². The number of amides is 3. The fourth-order valence-corrected chi connectivity index (χ4v) is 5.84. The third-order valence-corrected chi connectivity index (χ3v) is 7.66. The molecule has 2 saturated heterocycles. The van der Waals surface area contributed by atoms with Crippen LogP contribution in [0.25, 0.3) is 0 Å². The molecule has 10 heteroatoms. The van der Waals surface area contributed by atoms with Crippen molar-refractivity contribution in [2.45, 2.75) is 96.1 Å². The van der Waals surface area contributed by atoms with Gasteiger partial charge in [0.1, 0.15) is 17.8 Å². The van der Waals surface area contributed by atoms with Crippen LogP contribution in [0.2, 0.25) is 0 Å². The number of carbonyl (C=O) groups excluding carboxylic acids is 3. The molecular weight excluding hydrogens is 536 g/mol. The maximum Gasteiger partial charge on any atom is 0.410 e. The van der Waals surface area contributed by atoms with Gasteiger partial charge >= 0.3 is 18.3 Å². The molecule has 3 N–H and O–H groups in total. The van der Waals surface area contributed by atoms with Gasteiger partial charge in [-0.2, -0.15) is 0 Å². The SMILES string of the molecule is CC(C)(C)OC(=O)NC12CCC=C1CN(C(=O)OCc1ccccc1)C2.CC(C)(C)OC(=O)NC12CCC=C1CNC2. The minimum atomic E-state index is -0.559. The first-order chi connectivity index (χ1) is 19.7. The topological polar surface area (TPSA) is 118 Å². The zero-order valence-electron chi connectivity index (χ0n) is 25.8. The molecule has 0 spiro atoms. The monoisotopic (exact) mass is 582 g/mol. The lowest BCUT2D eigenvalue weighted by Crippen LogP contribution is -2.52. The number of alkyl carbamates (subject to hydrolysis) is 2. The van der Waals surface area contributed by atoms with E-state index in [9.17, 15) is 14.4 Å². The Hall–Kier alpha value is -3.53. The van der Waals surface area contributed by atoms with Crippen LogP contribution in [0.5, 0.6) is 0 Å². The van der Waals surface area contributed by atoms with Gasteiger partial charge in [0.05, 0.1) is 17.6 Å². The summed E-state index contributed by atoms with van der Waals surface area (Å²) in [4.78, 5) is 38.1. The van der Waals surface area contributed by atoms with E-state index in [2.05, 4.69) is 28.1 Å².